The SMILES string of the molecule is COc1ccc(N2CC(CN(C)C)NCC2C)cc1. The van der Waals surface area contributed by atoms with E-state index in [1.807, 2.05) is 12.1 Å². The van der Waals surface area contributed by atoms with Crippen LogP contribution in [0.3, 0.4) is 0 Å². The number of hydrogen-bond acceptors (Lipinski definition) is 4. The Balaban J connectivity index is 2.07. The quantitative estimate of drug-likeness (QED) is 0.889. The van der Waals surface area contributed by atoms with E-state index >= 15 is 0 Å². The molecule has 2 unspecified atom stereocenters. The van der Waals surface area contributed by atoms with Crippen molar-refractivity contribution in [2.45, 2.75) is 19.0 Å². The molecule has 1 saturated heterocycles. The van der Waals surface area contributed by atoms with E-state index in [2.05, 4.69) is 48.3 Å². The number of likely N-dealkylation sites (N-methyl/N-ethyl adjacent to an activating group) is 1. The summed E-state index contributed by atoms with van der Waals surface area (Å²) in [6, 6.07) is 9.40. The predicted octanol–water partition coefficient (Wildman–Crippen LogP) is 1.42. The molecule has 0 radical (unpaired) electrons. The summed E-state index contributed by atoms with van der Waals surface area (Å²) in [5.74, 6) is 0.913. The molecule has 1 aliphatic rings. The van der Waals surface area contributed by atoms with Crippen LogP contribution in [0.15, 0.2) is 24.3 Å². The van der Waals surface area contributed by atoms with Gasteiger partial charge in [-0.15, -0.1) is 0 Å². The number of piperazine rings is 1. The lowest BCUT2D eigenvalue weighted by Gasteiger charge is -2.41. The fraction of sp³-hybridized carbons (Fsp3) is 0.600. The normalized spacial score (nSPS) is 23.7. The molecule has 0 saturated carbocycles. The predicted molar refractivity (Wildman–Crippen MR) is 80.1 cm³/mol. The van der Waals surface area contributed by atoms with Crippen molar-refractivity contribution in [3.8, 4) is 5.75 Å². The molecule has 0 amide bonds. The molecule has 4 nitrogen and oxygen atoms in total. The van der Waals surface area contributed by atoms with Gasteiger partial charge in [0.2, 0.25) is 0 Å². The van der Waals surface area contributed by atoms with Gasteiger partial charge in [0.15, 0.2) is 0 Å². The summed E-state index contributed by atoms with van der Waals surface area (Å²) in [5.41, 5.74) is 1.28. The van der Waals surface area contributed by atoms with E-state index in [1.54, 1.807) is 7.11 Å². The van der Waals surface area contributed by atoms with Crippen molar-refractivity contribution < 1.29 is 4.74 Å². The van der Waals surface area contributed by atoms with Crippen LogP contribution in [0, 0.1) is 0 Å². The second-order valence-electron chi connectivity index (χ2n) is 5.57. The number of benzene rings is 1. The lowest BCUT2D eigenvalue weighted by molar-refractivity contribution is 0.307. The van der Waals surface area contributed by atoms with Crippen molar-refractivity contribution in [3.05, 3.63) is 24.3 Å². The van der Waals surface area contributed by atoms with E-state index in [0.717, 1.165) is 25.4 Å². The first-order valence-corrected chi connectivity index (χ1v) is 6.89. The number of hydrogen-bond donors (Lipinski definition) is 1. The van der Waals surface area contributed by atoms with Crippen LogP contribution in [-0.2, 0) is 0 Å². The number of nitrogens with zero attached hydrogens (tertiary/aromatic N) is 2. The summed E-state index contributed by atoms with van der Waals surface area (Å²) in [6.45, 7) is 5.42. The molecular formula is C15H25N3O. The summed E-state index contributed by atoms with van der Waals surface area (Å²) in [7, 11) is 5.95. The van der Waals surface area contributed by atoms with Gasteiger partial charge in [-0.25, -0.2) is 0 Å². The Kier molecular flexibility index (Phi) is 4.66. The topological polar surface area (TPSA) is 27.7 Å². The summed E-state index contributed by atoms with van der Waals surface area (Å²) in [4.78, 5) is 4.71. The van der Waals surface area contributed by atoms with Gasteiger partial charge >= 0.3 is 0 Å². The first kappa shape index (κ1) is 14.2. The zero-order valence-electron chi connectivity index (χ0n) is 12.4. The molecule has 1 aromatic carbocycles. The summed E-state index contributed by atoms with van der Waals surface area (Å²) in [5, 5.41) is 3.61. The minimum atomic E-state index is 0.520. The van der Waals surface area contributed by atoms with Crippen LogP contribution in [0.4, 0.5) is 5.69 Å². The third-order valence-corrected chi connectivity index (χ3v) is 3.64. The number of nitrogens with one attached hydrogen (secondary N) is 1. The van der Waals surface area contributed by atoms with Crippen LogP contribution in [0.25, 0.3) is 0 Å². The Bertz CT molecular complexity index is 391. The Morgan fingerprint density at radius 2 is 2.00 bits per heavy atom. The summed E-state index contributed by atoms with van der Waals surface area (Å²) in [6.07, 6.45) is 0. The number of anilines is 1. The highest BCUT2D eigenvalue weighted by molar-refractivity contribution is 5.50. The largest absolute Gasteiger partial charge is 0.497 e. The monoisotopic (exact) mass is 263 g/mol. The van der Waals surface area contributed by atoms with E-state index in [1.165, 1.54) is 5.69 Å². The second kappa shape index (κ2) is 6.26. The van der Waals surface area contributed by atoms with Gasteiger partial charge in [-0.2, -0.15) is 0 Å². The van der Waals surface area contributed by atoms with E-state index in [9.17, 15) is 0 Å². The molecule has 1 fully saturated rings. The third-order valence-electron chi connectivity index (χ3n) is 3.64. The van der Waals surface area contributed by atoms with E-state index in [4.69, 9.17) is 4.74 Å². The minimum absolute atomic E-state index is 0.520. The number of rotatable bonds is 4. The van der Waals surface area contributed by atoms with Crippen LogP contribution in [-0.4, -0.2) is 57.8 Å². The van der Waals surface area contributed by atoms with Crippen LogP contribution in [0.1, 0.15) is 6.92 Å². The zero-order chi connectivity index (χ0) is 13.8. The molecule has 0 aromatic heterocycles. The molecule has 0 bridgehead atoms. The van der Waals surface area contributed by atoms with Gasteiger partial charge in [0.05, 0.1) is 7.11 Å². The average Bonchev–Trinajstić information content (AvgIpc) is 2.40. The standard InChI is InChI=1S/C15H25N3O/c1-12-9-16-13(10-17(2)3)11-18(12)14-5-7-15(19-4)8-6-14/h5-8,12-13,16H,9-11H2,1-4H3. The molecule has 2 rings (SSSR count). The lowest BCUT2D eigenvalue weighted by Crippen LogP contribution is -2.58. The zero-order valence-corrected chi connectivity index (χ0v) is 12.4. The molecule has 1 heterocycles. The summed E-state index contributed by atoms with van der Waals surface area (Å²) >= 11 is 0. The molecule has 0 spiro atoms. The molecule has 106 valence electrons. The van der Waals surface area contributed by atoms with Crippen LogP contribution < -0.4 is 15.0 Å². The lowest BCUT2D eigenvalue weighted by atomic mass is 10.1. The van der Waals surface area contributed by atoms with Gasteiger partial charge in [0, 0.05) is 37.4 Å². The maximum atomic E-state index is 5.22. The molecule has 1 aromatic rings. The van der Waals surface area contributed by atoms with Crippen LogP contribution in [0.2, 0.25) is 0 Å². The molecule has 1 aliphatic heterocycles. The molecule has 2 atom stereocenters. The van der Waals surface area contributed by atoms with Gasteiger partial charge < -0.3 is 19.9 Å². The van der Waals surface area contributed by atoms with Crippen molar-refractivity contribution in [1.82, 2.24) is 10.2 Å². The van der Waals surface area contributed by atoms with Gasteiger partial charge in [0.25, 0.3) is 0 Å². The van der Waals surface area contributed by atoms with Gasteiger partial charge in [-0.1, -0.05) is 0 Å². The van der Waals surface area contributed by atoms with Crippen molar-refractivity contribution in [2.75, 3.05) is 45.7 Å². The van der Waals surface area contributed by atoms with E-state index in [0.29, 0.717) is 12.1 Å². The highest BCUT2D eigenvalue weighted by atomic mass is 16.5. The third kappa shape index (κ3) is 3.61. The van der Waals surface area contributed by atoms with E-state index < -0.39 is 0 Å². The molecule has 1 N–H and O–H groups in total. The molecule has 4 heteroatoms. The first-order chi connectivity index (χ1) is 9.10. The average molecular weight is 263 g/mol. The van der Waals surface area contributed by atoms with Gasteiger partial charge in [-0.05, 0) is 45.3 Å². The number of methoxy groups -OCH3 is 1. The Morgan fingerprint density at radius 1 is 1.32 bits per heavy atom. The van der Waals surface area contributed by atoms with Gasteiger partial charge in [-0.3, -0.25) is 0 Å². The summed E-state index contributed by atoms with van der Waals surface area (Å²) < 4.78 is 5.22. The van der Waals surface area contributed by atoms with Gasteiger partial charge in [0.1, 0.15) is 5.75 Å². The molecule has 19 heavy (non-hydrogen) atoms. The minimum Gasteiger partial charge on any atom is -0.497 e. The molecular weight excluding hydrogens is 238 g/mol. The first-order valence-electron chi connectivity index (χ1n) is 6.89. The second-order valence-corrected chi connectivity index (χ2v) is 5.57. The van der Waals surface area contributed by atoms with Crippen LogP contribution in [0.5, 0.6) is 5.75 Å². The maximum Gasteiger partial charge on any atom is 0.119 e. The Hall–Kier alpha value is -1.26. The fourth-order valence-electron chi connectivity index (χ4n) is 2.63. The highest BCUT2D eigenvalue weighted by Gasteiger charge is 2.25. The van der Waals surface area contributed by atoms with Crippen molar-refractivity contribution in [2.24, 2.45) is 0 Å². The van der Waals surface area contributed by atoms with Crippen molar-refractivity contribution in [3.63, 3.8) is 0 Å². The maximum absolute atomic E-state index is 5.22. The van der Waals surface area contributed by atoms with Crippen LogP contribution >= 0.6 is 0 Å². The fourth-order valence-corrected chi connectivity index (χ4v) is 2.63. The highest BCUT2D eigenvalue weighted by Crippen LogP contribution is 2.22. The molecule has 0 aliphatic carbocycles. The Labute approximate surface area is 116 Å². The Morgan fingerprint density at radius 3 is 2.58 bits per heavy atom. The van der Waals surface area contributed by atoms with Crippen molar-refractivity contribution in [1.29, 1.82) is 0 Å². The smallest absolute Gasteiger partial charge is 0.119 e. The number of ether oxygens (including phenoxy) is 1. The van der Waals surface area contributed by atoms with E-state index in [-0.39, 0.29) is 0 Å². The van der Waals surface area contributed by atoms with Crippen molar-refractivity contribution >= 4 is 5.69 Å².